The normalized spacial score (nSPS) is 17.3. The summed E-state index contributed by atoms with van der Waals surface area (Å²) in [6.45, 7) is 3.51. The van der Waals surface area contributed by atoms with E-state index in [1.807, 2.05) is 19.1 Å². The van der Waals surface area contributed by atoms with E-state index in [9.17, 15) is 19.2 Å². The molecule has 2 fully saturated rings. The van der Waals surface area contributed by atoms with Gasteiger partial charge in [0.2, 0.25) is 11.8 Å². The molecular weight excluding hydrogens is 438 g/mol. The molecule has 0 aromatic carbocycles. The molecule has 31 heavy (non-hydrogen) atoms. The van der Waals surface area contributed by atoms with E-state index in [-0.39, 0.29) is 18.4 Å². The SMILES string of the molecule is CC(=O)NCc1ccc(-c2nc(NC(=O)CN3C(=O)NC4(CCCC4)C3=O)sc2C)s1. The van der Waals surface area contributed by atoms with Crippen molar-refractivity contribution in [3.05, 3.63) is 21.9 Å². The lowest BCUT2D eigenvalue weighted by Gasteiger charge is -2.19. The van der Waals surface area contributed by atoms with Crippen LogP contribution in [-0.2, 0) is 20.9 Å². The number of imide groups is 1. The number of anilines is 1. The van der Waals surface area contributed by atoms with Crippen molar-refractivity contribution in [2.75, 3.05) is 11.9 Å². The van der Waals surface area contributed by atoms with Crippen LogP contribution in [-0.4, -0.2) is 45.7 Å². The molecule has 1 aliphatic carbocycles. The Morgan fingerprint density at radius 1 is 1.23 bits per heavy atom. The van der Waals surface area contributed by atoms with Crippen molar-refractivity contribution in [2.45, 2.75) is 51.6 Å². The highest BCUT2D eigenvalue weighted by Crippen LogP contribution is 2.36. The van der Waals surface area contributed by atoms with Gasteiger partial charge in [0.05, 0.1) is 17.1 Å². The highest BCUT2D eigenvalue weighted by Gasteiger charge is 2.52. The first kappa shape index (κ1) is 21.4. The van der Waals surface area contributed by atoms with Crippen molar-refractivity contribution in [3.63, 3.8) is 0 Å². The minimum Gasteiger partial charge on any atom is -0.351 e. The van der Waals surface area contributed by atoms with Gasteiger partial charge in [-0.15, -0.1) is 22.7 Å². The van der Waals surface area contributed by atoms with E-state index in [4.69, 9.17) is 0 Å². The molecule has 5 amide bonds. The van der Waals surface area contributed by atoms with Crippen molar-refractivity contribution < 1.29 is 19.2 Å². The Bertz CT molecular complexity index is 1050. The molecule has 1 saturated heterocycles. The van der Waals surface area contributed by atoms with Gasteiger partial charge in [-0.2, -0.15) is 0 Å². The molecule has 4 rings (SSSR count). The quantitative estimate of drug-likeness (QED) is 0.571. The zero-order chi connectivity index (χ0) is 22.2. The van der Waals surface area contributed by atoms with Gasteiger partial charge in [-0.1, -0.05) is 12.8 Å². The number of aromatic nitrogens is 1. The Morgan fingerprint density at radius 3 is 2.68 bits per heavy atom. The van der Waals surface area contributed by atoms with Gasteiger partial charge >= 0.3 is 6.03 Å². The molecule has 3 N–H and O–H groups in total. The first-order valence-electron chi connectivity index (χ1n) is 10.0. The number of thiophene rings is 1. The van der Waals surface area contributed by atoms with Crippen molar-refractivity contribution in [1.29, 1.82) is 0 Å². The van der Waals surface area contributed by atoms with E-state index in [0.29, 0.717) is 24.5 Å². The Hall–Kier alpha value is -2.79. The lowest BCUT2D eigenvalue weighted by Crippen LogP contribution is -2.44. The molecule has 0 bridgehead atoms. The zero-order valence-corrected chi connectivity index (χ0v) is 18.9. The Balaban J connectivity index is 1.40. The molecule has 2 aromatic heterocycles. The summed E-state index contributed by atoms with van der Waals surface area (Å²) in [5.41, 5.74) is -0.0598. The Morgan fingerprint density at radius 2 is 1.97 bits per heavy atom. The monoisotopic (exact) mass is 461 g/mol. The maximum Gasteiger partial charge on any atom is 0.325 e. The molecule has 164 valence electrons. The number of nitrogens with zero attached hydrogens (tertiary/aromatic N) is 2. The van der Waals surface area contributed by atoms with Crippen LogP contribution in [0.2, 0.25) is 0 Å². The summed E-state index contributed by atoms with van der Waals surface area (Å²) in [4.78, 5) is 56.9. The maximum absolute atomic E-state index is 12.7. The fourth-order valence-electron chi connectivity index (χ4n) is 3.93. The summed E-state index contributed by atoms with van der Waals surface area (Å²) in [6.07, 6.45) is 3.02. The molecular formula is C20H23N5O4S2. The highest BCUT2D eigenvalue weighted by molar-refractivity contribution is 7.18. The van der Waals surface area contributed by atoms with Crippen LogP contribution in [0.15, 0.2) is 12.1 Å². The lowest BCUT2D eigenvalue weighted by molar-refractivity contribution is -0.133. The standard InChI is InChI=1S/C20H23N5O4S2/c1-11-16(14-6-5-13(31-14)9-21-12(2)26)23-18(30-11)22-15(27)10-25-17(28)20(24-19(25)29)7-3-4-8-20/h5-6H,3-4,7-10H2,1-2H3,(H,21,26)(H,24,29)(H,22,23,27). The molecule has 0 atom stereocenters. The number of hydrogen-bond donors (Lipinski definition) is 3. The van der Waals surface area contributed by atoms with Crippen LogP contribution in [0.3, 0.4) is 0 Å². The lowest BCUT2D eigenvalue weighted by atomic mass is 9.98. The van der Waals surface area contributed by atoms with Crippen LogP contribution in [0.25, 0.3) is 10.6 Å². The predicted molar refractivity (Wildman–Crippen MR) is 118 cm³/mol. The van der Waals surface area contributed by atoms with Crippen molar-refractivity contribution in [2.24, 2.45) is 0 Å². The van der Waals surface area contributed by atoms with Gasteiger partial charge in [-0.3, -0.25) is 19.3 Å². The molecule has 11 heteroatoms. The number of thiazole rings is 1. The minimum absolute atomic E-state index is 0.0891. The van der Waals surface area contributed by atoms with Crippen LogP contribution in [0, 0.1) is 6.92 Å². The fraction of sp³-hybridized carbons (Fsp3) is 0.450. The van der Waals surface area contributed by atoms with Crippen LogP contribution in [0.5, 0.6) is 0 Å². The molecule has 1 spiro atoms. The van der Waals surface area contributed by atoms with Gasteiger partial charge in [0.1, 0.15) is 12.1 Å². The number of carbonyl (C=O) groups is 4. The van der Waals surface area contributed by atoms with Gasteiger partial charge < -0.3 is 16.0 Å². The van der Waals surface area contributed by atoms with E-state index >= 15 is 0 Å². The summed E-state index contributed by atoms with van der Waals surface area (Å²) in [5, 5.41) is 8.66. The summed E-state index contributed by atoms with van der Waals surface area (Å²) < 4.78 is 0. The van der Waals surface area contributed by atoms with Crippen LogP contribution in [0.4, 0.5) is 9.93 Å². The topological polar surface area (TPSA) is 120 Å². The van der Waals surface area contributed by atoms with Crippen LogP contribution >= 0.6 is 22.7 Å². The number of aryl methyl sites for hydroxylation is 1. The summed E-state index contributed by atoms with van der Waals surface area (Å²) in [7, 11) is 0. The average molecular weight is 462 g/mol. The first-order valence-corrected chi connectivity index (χ1v) is 11.7. The molecule has 3 heterocycles. The second kappa shape index (κ2) is 8.39. The number of carbonyl (C=O) groups excluding carboxylic acids is 4. The summed E-state index contributed by atoms with van der Waals surface area (Å²) in [5.74, 6) is -0.864. The molecule has 1 saturated carbocycles. The van der Waals surface area contributed by atoms with Gasteiger partial charge in [-0.05, 0) is 31.9 Å². The molecule has 9 nitrogen and oxygen atoms in total. The van der Waals surface area contributed by atoms with Gasteiger partial charge in [-0.25, -0.2) is 9.78 Å². The average Bonchev–Trinajstić information content (AvgIpc) is 3.47. The summed E-state index contributed by atoms with van der Waals surface area (Å²) in [6, 6.07) is 3.36. The van der Waals surface area contributed by atoms with Gasteiger partial charge in [0, 0.05) is 16.7 Å². The Kier molecular flexibility index (Phi) is 5.80. The van der Waals surface area contributed by atoms with E-state index in [1.165, 1.54) is 29.6 Å². The van der Waals surface area contributed by atoms with Crippen molar-refractivity contribution in [3.8, 4) is 10.6 Å². The van der Waals surface area contributed by atoms with Crippen molar-refractivity contribution in [1.82, 2.24) is 20.5 Å². The second-order valence-corrected chi connectivity index (χ2v) is 10.1. The van der Waals surface area contributed by atoms with Crippen LogP contribution in [0.1, 0.15) is 42.4 Å². The number of hydrogen-bond acceptors (Lipinski definition) is 7. The van der Waals surface area contributed by atoms with Gasteiger partial charge in [0.15, 0.2) is 5.13 Å². The Labute approximate surface area is 187 Å². The molecule has 1 aliphatic heterocycles. The van der Waals surface area contributed by atoms with Crippen LogP contribution < -0.4 is 16.0 Å². The first-order chi connectivity index (χ1) is 14.8. The smallest absolute Gasteiger partial charge is 0.325 e. The third-order valence-electron chi connectivity index (χ3n) is 5.45. The number of nitrogens with one attached hydrogen (secondary N) is 3. The third kappa shape index (κ3) is 4.33. The predicted octanol–water partition coefficient (Wildman–Crippen LogP) is 2.62. The van der Waals surface area contributed by atoms with E-state index in [2.05, 4.69) is 20.9 Å². The fourth-order valence-corrected chi connectivity index (χ4v) is 5.83. The minimum atomic E-state index is -0.823. The number of urea groups is 1. The van der Waals surface area contributed by atoms with E-state index < -0.39 is 17.5 Å². The molecule has 2 aliphatic rings. The summed E-state index contributed by atoms with van der Waals surface area (Å²) >= 11 is 2.86. The number of amides is 5. The van der Waals surface area contributed by atoms with E-state index in [1.54, 1.807) is 0 Å². The second-order valence-electron chi connectivity index (χ2n) is 7.76. The molecule has 0 unspecified atom stereocenters. The molecule has 2 aromatic rings. The van der Waals surface area contributed by atoms with E-state index in [0.717, 1.165) is 38.1 Å². The van der Waals surface area contributed by atoms with Crippen molar-refractivity contribution >= 4 is 51.6 Å². The zero-order valence-electron chi connectivity index (χ0n) is 17.2. The molecule has 0 radical (unpaired) electrons. The highest BCUT2D eigenvalue weighted by atomic mass is 32.1. The third-order valence-corrected chi connectivity index (χ3v) is 7.43. The largest absolute Gasteiger partial charge is 0.351 e. The maximum atomic E-state index is 12.7. The van der Waals surface area contributed by atoms with Gasteiger partial charge in [0.25, 0.3) is 5.91 Å². The number of rotatable bonds is 6.